The van der Waals surface area contributed by atoms with E-state index < -0.39 is 22.2 Å². The summed E-state index contributed by atoms with van der Waals surface area (Å²) in [6.07, 6.45) is 0.167. The number of rotatable bonds is 6. The van der Waals surface area contributed by atoms with Crippen LogP contribution in [0.1, 0.15) is 19.8 Å². The molecular formula is C17H23N5O4S. The van der Waals surface area contributed by atoms with Crippen LogP contribution in [0.3, 0.4) is 0 Å². The van der Waals surface area contributed by atoms with Crippen molar-refractivity contribution in [2.24, 2.45) is 0 Å². The highest BCUT2D eigenvalue weighted by Crippen LogP contribution is 2.31. The van der Waals surface area contributed by atoms with Gasteiger partial charge in [-0.2, -0.15) is 22.3 Å². The molecule has 1 aliphatic rings. The summed E-state index contributed by atoms with van der Waals surface area (Å²) in [6.45, 7) is 1.40. The lowest BCUT2D eigenvalue weighted by molar-refractivity contribution is -0.119. The summed E-state index contributed by atoms with van der Waals surface area (Å²) in [4.78, 5) is 26.4. The van der Waals surface area contributed by atoms with Crippen LogP contribution in [0.15, 0.2) is 24.3 Å². The van der Waals surface area contributed by atoms with Crippen LogP contribution in [0.2, 0.25) is 0 Å². The first kappa shape index (κ1) is 20.8. The van der Waals surface area contributed by atoms with Gasteiger partial charge in [-0.15, -0.1) is 0 Å². The lowest BCUT2D eigenvalue weighted by Gasteiger charge is -2.30. The standard InChI is InChI=1S/C17H23N5O4S/c1-13-11-16(23)19-14-7-4-5-8-15(14)22(13)17(24)12-21(3)27(25,26)20(2)10-6-9-18/h4-5,7-8,13H,6,10-12H2,1-3H3,(H,19,23). The van der Waals surface area contributed by atoms with Crippen LogP contribution in [-0.4, -0.2) is 62.1 Å². The number of nitrogens with one attached hydrogen (secondary N) is 1. The second kappa shape index (κ2) is 8.47. The Morgan fingerprint density at radius 2 is 2.00 bits per heavy atom. The number of amides is 2. The van der Waals surface area contributed by atoms with Gasteiger partial charge in [0.05, 0.1) is 24.0 Å². The minimum atomic E-state index is -3.87. The van der Waals surface area contributed by atoms with E-state index in [1.54, 1.807) is 31.2 Å². The predicted octanol–water partition coefficient (Wildman–Crippen LogP) is 0.772. The second-order valence-electron chi connectivity index (χ2n) is 6.38. The van der Waals surface area contributed by atoms with E-state index in [9.17, 15) is 18.0 Å². The summed E-state index contributed by atoms with van der Waals surface area (Å²) in [5.74, 6) is -0.645. The van der Waals surface area contributed by atoms with E-state index in [1.165, 1.54) is 19.0 Å². The highest BCUT2D eigenvalue weighted by atomic mass is 32.2. The monoisotopic (exact) mass is 393 g/mol. The van der Waals surface area contributed by atoms with E-state index in [4.69, 9.17) is 5.26 Å². The van der Waals surface area contributed by atoms with Gasteiger partial charge >= 0.3 is 0 Å². The van der Waals surface area contributed by atoms with Gasteiger partial charge in [-0.05, 0) is 19.1 Å². The average Bonchev–Trinajstić information content (AvgIpc) is 2.73. The topological polar surface area (TPSA) is 114 Å². The predicted molar refractivity (Wildman–Crippen MR) is 101 cm³/mol. The van der Waals surface area contributed by atoms with Gasteiger partial charge in [-0.1, -0.05) is 12.1 Å². The van der Waals surface area contributed by atoms with Gasteiger partial charge in [-0.3, -0.25) is 9.59 Å². The summed E-state index contributed by atoms with van der Waals surface area (Å²) in [6, 6.07) is 8.37. The minimum absolute atomic E-state index is 0.0404. The number of likely N-dealkylation sites (N-methyl/N-ethyl adjacent to an activating group) is 1. The van der Waals surface area contributed by atoms with E-state index >= 15 is 0 Å². The highest BCUT2D eigenvalue weighted by molar-refractivity contribution is 7.86. The van der Waals surface area contributed by atoms with Crippen molar-refractivity contribution in [3.8, 4) is 6.07 Å². The maximum absolute atomic E-state index is 12.9. The molecule has 27 heavy (non-hydrogen) atoms. The fourth-order valence-corrected chi connectivity index (χ4v) is 3.95. The van der Waals surface area contributed by atoms with Crippen molar-refractivity contribution < 1.29 is 18.0 Å². The Bertz CT molecular complexity index is 864. The van der Waals surface area contributed by atoms with Crippen LogP contribution in [0, 0.1) is 11.3 Å². The molecule has 0 aliphatic carbocycles. The van der Waals surface area contributed by atoms with Crippen molar-refractivity contribution in [1.29, 1.82) is 5.26 Å². The van der Waals surface area contributed by atoms with Crippen molar-refractivity contribution in [1.82, 2.24) is 8.61 Å². The van der Waals surface area contributed by atoms with Gasteiger partial charge in [0, 0.05) is 39.5 Å². The molecule has 0 fully saturated rings. The molecule has 1 unspecified atom stereocenters. The SMILES string of the molecule is CC1CC(=O)Nc2ccccc2N1C(=O)CN(C)S(=O)(=O)N(C)CCC#N. The van der Waals surface area contributed by atoms with Gasteiger partial charge in [0.25, 0.3) is 10.2 Å². The van der Waals surface area contributed by atoms with Crippen LogP contribution >= 0.6 is 0 Å². The number of carbonyl (C=O) groups excluding carboxylic acids is 2. The smallest absolute Gasteiger partial charge is 0.281 e. The first-order chi connectivity index (χ1) is 12.7. The van der Waals surface area contributed by atoms with E-state index in [1.807, 2.05) is 6.07 Å². The number of anilines is 2. The van der Waals surface area contributed by atoms with Crippen LogP contribution in [-0.2, 0) is 19.8 Å². The van der Waals surface area contributed by atoms with Crippen molar-refractivity contribution in [3.05, 3.63) is 24.3 Å². The summed E-state index contributed by atoms with van der Waals surface area (Å²) in [5.41, 5.74) is 1.04. The number of hydrogen-bond donors (Lipinski definition) is 1. The number of nitrogens with zero attached hydrogens (tertiary/aromatic N) is 4. The third kappa shape index (κ3) is 4.63. The molecule has 1 N–H and O–H groups in total. The Morgan fingerprint density at radius 3 is 2.67 bits per heavy atom. The third-order valence-corrected chi connectivity index (χ3v) is 6.20. The zero-order chi connectivity index (χ0) is 20.2. The van der Waals surface area contributed by atoms with Crippen LogP contribution < -0.4 is 10.2 Å². The molecule has 1 aromatic rings. The number of nitriles is 1. The molecule has 146 valence electrons. The van der Waals surface area contributed by atoms with Crippen molar-refractivity contribution in [2.75, 3.05) is 37.4 Å². The second-order valence-corrected chi connectivity index (χ2v) is 8.52. The number of fused-ring (bicyclic) bond motifs is 1. The zero-order valence-corrected chi connectivity index (χ0v) is 16.4. The van der Waals surface area contributed by atoms with Gasteiger partial charge in [0.1, 0.15) is 0 Å². The molecule has 1 atom stereocenters. The quantitative estimate of drug-likeness (QED) is 0.767. The van der Waals surface area contributed by atoms with Crippen molar-refractivity contribution >= 4 is 33.4 Å². The zero-order valence-electron chi connectivity index (χ0n) is 15.5. The van der Waals surface area contributed by atoms with E-state index in [0.29, 0.717) is 11.4 Å². The van der Waals surface area contributed by atoms with Gasteiger partial charge in [0.2, 0.25) is 11.8 Å². The Labute approximate surface area is 159 Å². The number of para-hydroxylation sites is 2. The molecule has 9 nitrogen and oxygen atoms in total. The Hall–Kier alpha value is -2.48. The number of hydrogen-bond acceptors (Lipinski definition) is 5. The Kier molecular flexibility index (Phi) is 6.54. The molecule has 2 rings (SSSR count). The largest absolute Gasteiger partial charge is 0.324 e. The maximum atomic E-state index is 12.9. The average molecular weight is 393 g/mol. The molecule has 1 heterocycles. The molecule has 10 heteroatoms. The van der Waals surface area contributed by atoms with Gasteiger partial charge in [0.15, 0.2) is 0 Å². The molecule has 0 saturated carbocycles. The fraction of sp³-hybridized carbons (Fsp3) is 0.471. The molecule has 1 aromatic carbocycles. The third-order valence-electron chi connectivity index (χ3n) is 4.31. The Balaban J connectivity index is 2.24. The summed E-state index contributed by atoms with van der Waals surface area (Å²) in [7, 11) is -1.20. The number of benzene rings is 1. The normalized spacial score (nSPS) is 17.3. The van der Waals surface area contributed by atoms with E-state index in [0.717, 1.165) is 8.61 Å². The lowest BCUT2D eigenvalue weighted by Crippen LogP contribution is -2.48. The summed E-state index contributed by atoms with van der Waals surface area (Å²) >= 11 is 0. The van der Waals surface area contributed by atoms with Crippen molar-refractivity contribution in [2.45, 2.75) is 25.8 Å². The van der Waals surface area contributed by atoms with Crippen LogP contribution in [0.5, 0.6) is 0 Å². The van der Waals surface area contributed by atoms with E-state index in [-0.39, 0.29) is 31.8 Å². The summed E-state index contributed by atoms with van der Waals surface area (Å²) in [5, 5.41) is 11.4. The molecule has 0 spiro atoms. The molecule has 0 radical (unpaired) electrons. The first-order valence-electron chi connectivity index (χ1n) is 8.44. The molecule has 0 aromatic heterocycles. The lowest BCUT2D eigenvalue weighted by atomic mass is 10.1. The molecular weight excluding hydrogens is 370 g/mol. The summed E-state index contributed by atoms with van der Waals surface area (Å²) < 4.78 is 27.0. The molecule has 0 saturated heterocycles. The van der Waals surface area contributed by atoms with Crippen LogP contribution in [0.25, 0.3) is 0 Å². The van der Waals surface area contributed by atoms with Gasteiger partial charge in [-0.25, -0.2) is 0 Å². The molecule has 1 aliphatic heterocycles. The minimum Gasteiger partial charge on any atom is -0.324 e. The fourth-order valence-electron chi connectivity index (χ4n) is 2.88. The Morgan fingerprint density at radius 1 is 1.33 bits per heavy atom. The van der Waals surface area contributed by atoms with E-state index in [2.05, 4.69) is 5.32 Å². The van der Waals surface area contributed by atoms with Gasteiger partial charge < -0.3 is 10.2 Å². The van der Waals surface area contributed by atoms with Crippen molar-refractivity contribution in [3.63, 3.8) is 0 Å². The first-order valence-corrected chi connectivity index (χ1v) is 9.83. The highest BCUT2D eigenvalue weighted by Gasteiger charge is 2.32. The number of carbonyl (C=O) groups is 2. The van der Waals surface area contributed by atoms with Crippen LogP contribution in [0.4, 0.5) is 11.4 Å². The maximum Gasteiger partial charge on any atom is 0.281 e. The molecule has 0 bridgehead atoms. The molecule has 2 amide bonds.